The molecule has 0 unspecified atom stereocenters. The average Bonchev–Trinajstić information content (AvgIpc) is 3.02. The third kappa shape index (κ3) is 8.84. The van der Waals surface area contributed by atoms with Crippen LogP contribution < -0.4 is 15.4 Å². The number of carbonyl (C=O) groups is 3. The molecule has 8 nitrogen and oxygen atoms in total. The first-order chi connectivity index (χ1) is 20.4. The number of nitriles is 1. The van der Waals surface area contributed by atoms with Gasteiger partial charge in [0.1, 0.15) is 23.2 Å². The lowest BCUT2D eigenvalue weighted by Gasteiger charge is -2.17. The molecule has 0 aliphatic heterocycles. The molecule has 9 heteroatoms. The summed E-state index contributed by atoms with van der Waals surface area (Å²) in [5, 5.41) is 23.9. The van der Waals surface area contributed by atoms with Gasteiger partial charge in [-0.3, -0.25) is 9.59 Å². The molecule has 0 spiro atoms. The van der Waals surface area contributed by atoms with Crippen molar-refractivity contribution in [2.45, 2.75) is 11.8 Å². The van der Waals surface area contributed by atoms with Crippen LogP contribution in [0.4, 0.5) is 0 Å². The summed E-state index contributed by atoms with van der Waals surface area (Å²) < 4.78 is 5.82. The zero-order valence-corrected chi connectivity index (χ0v) is 23.2. The van der Waals surface area contributed by atoms with Crippen molar-refractivity contribution in [3.8, 4) is 17.6 Å². The van der Waals surface area contributed by atoms with E-state index < -0.39 is 23.8 Å². The first-order valence-electron chi connectivity index (χ1n) is 12.9. The summed E-state index contributed by atoms with van der Waals surface area (Å²) in [5.74, 6) is -0.588. The highest BCUT2D eigenvalue weighted by Crippen LogP contribution is 2.22. The monoisotopic (exact) mass is 577 g/mol. The van der Waals surface area contributed by atoms with Crippen molar-refractivity contribution in [2.75, 3.05) is 5.75 Å². The summed E-state index contributed by atoms with van der Waals surface area (Å²) in [4.78, 5) is 38.3. The number of rotatable bonds is 12. The zero-order valence-electron chi connectivity index (χ0n) is 22.4. The Morgan fingerprint density at radius 1 is 0.857 bits per heavy atom. The number of carboxylic acids is 1. The van der Waals surface area contributed by atoms with Crippen LogP contribution in [0, 0.1) is 11.3 Å². The molecular weight excluding hydrogens is 550 g/mol. The normalized spacial score (nSPS) is 11.5. The molecule has 4 aromatic rings. The van der Waals surface area contributed by atoms with Gasteiger partial charge in [0.2, 0.25) is 0 Å². The molecule has 4 aromatic carbocycles. The number of benzene rings is 4. The van der Waals surface area contributed by atoms with E-state index in [1.54, 1.807) is 24.3 Å². The van der Waals surface area contributed by atoms with Crippen molar-refractivity contribution >= 4 is 35.6 Å². The van der Waals surface area contributed by atoms with Crippen LogP contribution in [0.25, 0.3) is 6.08 Å². The van der Waals surface area contributed by atoms with Crippen LogP contribution in [0.5, 0.6) is 11.5 Å². The van der Waals surface area contributed by atoms with E-state index in [-0.39, 0.29) is 17.0 Å². The second kappa shape index (κ2) is 14.9. The maximum atomic E-state index is 13.3. The van der Waals surface area contributed by atoms with E-state index in [1.807, 2.05) is 66.7 Å². The summed E-state index contributed by atoms with van der Waals surface area (Å²) in [6.07, 6.45) is 1.46. The van der Waals surface area contributed by atoms with Gasteiger partial charge in [-0.25, -0.2) is 4.79 Å². The van der Waals surface area contributed by atoms with Crippen molar-refractivity contribution in [1.29, 1.82) is 5.26 Å². The number of amides is 2. The van der Waals surface area contributed by atoms with Crippen molar-refractivity contribution in [3.63, 3.8) is 0 Å². The molecule has 0 fully saturated rings. The van der Waals surface area contributed by atoms with Crippen LogP contribution in [0.15, 0.2) is 115 Å². The lowest BCUT2D eigenvalue weighted by molar-refractivity contribution is -0.140. The largest absolute Gasteiger partial charge is 0.480 e. The predicted molar refractivity (Wildman–Crippen MR) is 162 cm³/mol. The van der Waals surface area contributed by atoms with E-state index in [0.29, 0.717) is 28.4 Å². The van der Waals surface area contributed by atoms with Crippen LogP contribution >= 0.6 is 11.8 Å². The molecule has 42 heavy (non-hydrogen) atoms. The molecule has 0 bridgehead atoms. The van der Waals surface area contributed by atoms with Crippen LogP contribution in [0.3, 0.4) is 0 Å². The predicted octanol–water partition coefficient (Wildman–Crippen LogP) is 5.62. The molecule has 1 atom stereocenters. The second-order valence-corrected chi connectivity index (χ2v) is 10.1. The first-order valence-corrected chi connectivity index (χ1v) is 14.1. The summed E-state index contributed by atoms with van der Waals surface area (Å²) in [7, 11) is 0. The topological polar surface area (TPSA) is 129 Å². The first kappa shape index (κ1) is 29.6. The number of para-hydroxylation sites is 1. The maximum absolute atomic E-state index is 13.3. The lowest BCUT2D eigenvalue weighted by atomic mass is 10.1. The molecule has 210 valence electrons. The third-order valence-corrected chi connectivity index (χ3v) is 7.05. The van der Waals surface area contributed by atoms with Gasteiger partial charge in [-0.1, -0.05) is 60.7 Å². The van der Waals surface area contributed by atoms with Gasteiger partial charge in [-0.05, 0) is 65.7 Å². The fraction of sp³-hybridized carbons (Fsp3) is 0.0909. The summed E-state index contributed by atoms with van der Waals surface area (Å²) in [6, 6.07) is 32.4. The van der Waals surface area contributed by atoms with Crippen molar-refractivity contribution in [2.24, 2.45) is 0 Å². The number of hydrogen-bond donors (Lipinski definition) is 3. The lowest BCUT2D eigenvalue weighted by Crippen LogP contribution is -2.45. The number of nitrogens with zero attached hydrogens (tertiary/aromatic N) is 1. The van der Waals surface area contributed by atoms with E-state index in [9.17, 15) is 19.5 Å². The Morgan fingerprint density at radius 2 is 1.48 bits per heavy atom. The minimum Gasteiger partial charge on any atom is -0.480 e. The van der Waals surface area contributed by atoms with Gasteiger partial charge in [0.25, 0.3) is 11.8 Å². The Labute approximate surface area is 247 Å². The van der Waals surface area contributed by atoms with Crippen molar-refractivity contribution in [3.05, 3.63) is 137 Å². The molecule has 0 saturated heterocycles. The summed E-state index contributed by atoms with van der Waals surface area (Å²) in [6.45, 7) is 0. The molecule has 0 aliphatic carbocycles. The molecule has 2 amide bonds. The Bertz CT molecular complexity index is 1580. The van der Waals surface area contributed by atoms with Gasteiger partial charge >= 0.3 is 5.97 Å². The van der Waals surface area contributed by atoms with E-state index in [4.69, 9.17) is 10.00 Å². The Hall–Kier alpha value is -5.33. The molecule has 0 aliphatic rings. The SMILES string of the molecule is N#Cc1ccc(C(=O)N/C(=C/c2ccc(Oc3ccccc3)cc2)C(=O)N[C@@H](CSCc2ccccc2)C(=O)O)cc1. The highest BCUT2D eigenvalue weighted by atomic mass is 32.2. The number of carbonyl (C=O) groups excluding carboxylic acids is 2. The van der Waals surface area contributed by atoms with Crippen molar-refractivity contribution < 1.29 is 24.2 Å². The van der Waals surface area contributed by atoms with Gasteiger partial charge in [0.15, 0.2) is 0 Å². The fourth-order valence-electron chi connectivity index (χ4n) is 3.75. The molecule has 3 N–H and O–H groups in total. The van der Waals surface area contributed by atoms with Gasteiger partial charge in [0, 0.05) is 17.1 Å². The van der Waals surface area contributed by atoms with Crippen LogP contribution in [0.2, 0.25) is 0 Å². The zero-order chi connectivity index (χ0) is 29.7. The van der Waals surface area contributed by atoms with Gasteiger partial charge in [-0.15, -0.1) is 0 Å². The minimum atomic E-state index is -1.19. The average molecular weight is 578 g/mol. The molecule has 0 saturated carbocycles. The molecule has 0 radical (unpaired) electrons. The molecular formula is C33H27N3O5S. The van der Waals surface area contributed by atoms with Crippen LogP contribution in [-0.4, -0.2) is 34.7 Å². The van der Waals surface area contributed by atoms with Gasteiger partial charge < -0.3 is 20.5 Å². The fourth-order valence-corrected chi connectivity index (χ4v) is 4.76. The molecule has 4 rings (SSSR count). The van der Waals surface area contributed by atoms with E-state index in [1.165, 1.54) is 42.1 Å². The molecule has 0 aromatic heterocycles. The van der Waals surface area contributed by atoms with E-state index in [0.717, 1.165) is 5.56 Å². The summed E-state index contributed by atoms with van der Waals surface area (Å²) >= 11 is 1.37. The second-order valence-electron chi connectivity index (χ2n) is 9.05. The Balaban J connectivity index is 1.51. The highest BCUT2D eigenvalue weighted by molar-refractivity contribution is 7.98. The van der Waals surface area contributed by atoms with E-state index >= 15 is 0 Å². The maximum Gasteiger partial charge on any atom is 0.327 e. The quantitative estimate of drug-likeness (QED) is 0.186. The third-order valence-electron chi connectivity index (χ3n) is 5.94. The molecule has 0 heterocycles. The number of aliphatic carboxylic acids is 1. The minimum absolute atomic E-state index is 0.123. The number of thioether (sulfide) groups is 1. The standard InChI is InChI=1S/C33H27N3O5S/c34-20-24-11-15-26(16-12-24)31(37)35-29(19-23-13-17-28(18-14-23)41-27-9-5-2-6-10-27)32(38)36-30(33(39)40)22-42-21-25-7-3-1-4-8-25/h1-19,30H,21-22H2,(H,35,37)(H,36,38)(H,39,40)/b29-19+/t30-/m0/s1. The van der Waals surface area contributed by atoms with Crippen LogP contribution in [0.1, 0.15) is 27.0 Å². The number of ether oxygens (including phenoxy) is 1. The van der Waals surface area contributed by atoms with E-state index in [2.05, 4.69) is 10.6 Å². The highest BCUT2D eigenvalue weighted by Gasteiger charge is 2.23. The van der Waals surface area contributed by atoms with Gasteiger partial charge in [0.05, 0.1) is 11.6 Å². The summed E-state index contributed by atoms with van der Waals surface area (Å²) in [5.41, 5.74) is 2.09. The van der Waals surface area contributed by atoms with Crippen LogP contribution in [-0.2, 0) is 15.3 Å². The number of carboxylic acid groups (broad SMARTS) is 1. The Kier molecular flexibility index (Phi) is 10.5. The van der Waals surface area contributed by atoms with Crippen molar-refractivity contribution in [1.82, 2.24) is 10.6 Å². The number of nitrogens with one attached hydrogen (secondary N) is 2. The smallest absolute Gasteiger partial charge is 0.327 e. The van der Waals surface area contributed by atoms with Gasteiger partial charge in [-0.2, -0.15) is 17.0 Å². The Morgan fingerprint density at radius 3 is 2.10 bits per heavy atom. The number of hydrogen-bond acceptors (Lipinski definition) is 6.